The number of ether oxygens (including phenoxy) is 2. The van der Waals surface area contributed by atoms with Crippen LogP contribution in [0.1, 0.15) is 5.56 Å². The fourth-order valence-electron chi connectivity index (χ4n) is 2.33. The lowest BCUT2D eigenvalue weighted by molar-refractivity contribution is -0.124. The van der Waals surface area contributed by atoms with E-state index in [-0.39, 0.29) is 10.8 Å². The second-order valence-corrected chi connectivity index (χ2v) is 7.94. The van der Waals surface area contributed by atoms with Crippen molar-refractivity contribution in [2.45, 2.75) is 10.6 Å². The summed E-state index contributed by atoms with van der Waals surface area (Å²) in [5, 5.41) is 1.65. The fourth-order valence-corrected chi connectivity index (χ4v) is 4.37. The molecule has 0 aliphatic carbocycles. The number of methoxy groups -OCH3 is 1. The van der Waals surface area contributed by atoms with Crippen molar-refractivity contribution < 1.29 is 22.7 Å². The molecule has 1 aromatic heterocycles. The number of benzene rings is 1. The number of carbonyl (C=O) groups excluding carboxylic acids is 1. The van der Waals surface area contributed by atoms with Gasteiger partial charge in [0.15, 0.2) is 0 Å². The molecular formula is C15H15NO5S2. The van der Waals surface area contributed by atoms with Gasteiger partial charge in [0.1, 0.15) is 22.3 Å². The van der Waals surface area contributed by atoms with Crippen LogP contribution in [-0.2, 0) is 21.2 Å². The van der Waals surface area contributed by atoms with Crippen molar-refractivity contribution in [2.75, 3.05) is 13.7 Å². The van der Waals surface area contributed by atoms with Gasteiger partial charge in [-0.15, -0.1) is 11.3 Å². The molecule has 2 heterocycles. The average Bonchev–Trinajstić information content (AvgIpc) is 3.08. The summed E-state index contributed by atoms with van der Waals surface area (Å²) in [7, 11) is -2.24. The van der Waals surface area contributed by atoms with E-state index in [9.17, 15) is 13.2 Å². The van der Waals surface area contributed by atoms with Crippen LogP contribution in [0, 0.1) is 5.92 Å². The summed E-state index contributed by atoms with van der Waals surface area (Å²) in [5.74, 6) is 0.229. The van der Waals surface area contributed by atoms with E-state index in [0.717, 1.165) is 16.9 Å². The zero-order chi connectivity index (χ0) is 16.4. The van der Waals surface area contributed by atoms with E-state index < -0.39 is 21.8 Å². The smallest absolute Gasteiger partial charge is 0.273 e. The SMILES string of the molecule is COc1ccc2c(c1)OC[C@H](C(=O)NS(=O)(=O)c1cccs1)C2. The van der Waals surface area contributed by atoms with Crippen molar-refractivity contribution in [3.8, 4) is 11.5 Å². The largest absolute Gasteiger partial charge is 0.497 e. The predicted octanol–water partition coefficient (Wildman–Crippen LogP) is 1.81. The number of amides is 1. The van der Waals surface area contributed by atoms with Crippen LogP contribution < -0.4 is 14.2 Å². The summed E-state index contributed by atoms with van der Waals surface area (Å²) in [5.41, 5.74) is 0.853. The van der Waals surface area contributed by atoms with Crippen LogP contribution in [0.3, 0.4) is 0 Å². The Bertz CT molecular complexity index is 814. The first-order chi connectivity index (χ1) is 11.0. The summed E-state index contributed by atoms with van der Waals surface area (Å²) >= 11 is 1.06. The van der Waals surface area contributed by atoms with E-state index in [2.05, 4.69) is 4.72 Å². The zero-order valence-corrected chi connectivity index (χ0v) is 13.9. The number of rotatable bonds is 4. The van der Waals surface area contributed by atoms with Gasteiger partial charge in [-0.3, -0.25) is 4.79 Å². The third kappa shape index (κ3) is 3.32. The predicted molar refractivity (Wildman–Crippen MR) is 85.3 cm³/mol. The number of carbonyl (C=O) groups is 1. The first kappa shape index (κ1) is 15.8. The molecule has 3 rings (SSSR count). The third-order valence-corrected chi connectivity index (χ3v) is 6.29. The Hall–Kier alpha value is -2.06. The van der Waals surface area contributed by atoms with Gasteiger partial charge in [0.05, 0.1) is 13.0 Å². The lowest BCUT2D eigenvalue weighted by Crippen LogP contribution is -2.40. The maximum atomic E-state index is 12.3. The van der Waals surface area contributed by atoms with E-state index >= 15 is 0 Å². The van der Waals surface area contributed by atoms with Gasteiger partial charge in [-0.2, -0.15) is 0 Å². The van der Waals surface area contributed by atoms with Crippen molar-refractivity contribution in [1.82, 2.24) is 4.72 Å². The van der Waals surface area contributed by atoms with Gasteiger partial charge in [-0.25, -0.2) is 13.1 Å². The first-order valence-electron chi connectivity index (χ1n) is 6.89. The Morgan fingerprint density at radius 1 is 1.39 bits per heavy atom. The van der Waals surface area contributed by atoms with Gasteiger partial charge in [-0.1, -0.05) is 12.1 Å². The van der Waals surface area contributed by atoms with Gasteiger partial charge in [-0.05, 0) is 29.5 Å². The molecule has 1 aliphatic rings. The second-order valence-electron chi connectivity index (χ2n) is 5.09. The maximum Gasteiger partial charge on any atom is 0.273 e. The van der Waals surface area contributed by atoms with Crippen molar-refractivity contribution >= 4 is 27.3 Å². The summed E-state index contributed by atoms with van der Waals surface area (Å²) < 4.78 is 37.1. The highest BCUT2D eigenvalue weighted by Crippen LogP contribution is 2.31. The summed E-state index contributed by atoms with van der Waals surface area (Å²) in [6, 6.07) is 8.44. The van der Waals surface area contributed by atoms with Crippen molar-refractivity contribution in [1.29, 1.82) is 0 Å². The molecule has 2 aromatic rings. The monoisotopic (exact) mass is 353 g/mol. The Labute approximate surface area is 138 Å². The van der Waals surface area contributed by atoms with Crippen LogP contribution in [0.2, 0.25) is 0 Å². The molecule has 1 aliphatic heterocycles. The third-order valence-electron chi connectivity index (χ3n) is 3.55. The first-order valence-corrected chi connectivity index (χ1v) is 9.26. The highest BCUT2D eigenvalue weighted by atomic mass is 32.2. The van der Waals surface area contributed by atoms with Crippen LogP contribution in [-0.4, -0.2) is 28.0 Å². The van der Waals surface area contributed by atoms with Crippen LogP contribution in [0.15, 0.2) is 39.9 Å². The molecule has 0 bridgehead atoms. The molecule has 23 heavy (non-hydrogen) atoms. The van der Waals surface area contributed by atoms with E-state index in [0.29, 0.717) is 17.9 Å². The topological polar surface area (TPSA) is 81.7 Å². The summed E-state index contributed by atoms with van der Waals surface area (Å²) in [6.07, 6.45) is 0.422. The number of hydrogen-bond donors (Lipinski definition) is 1. The normalized spacial score (nSPS) is 17.0. The van der Waals surface area contributed by atoms with E-state index in [4.69, 9.17) is 9.47 Å². The molecule has 8 heteroatoms. The molecule has 0 spiro atoms. The average molecular weight is 353 g/mol. The fraction of sp³-hybridized carbons (Fsp3) is 0.267. The van der Waals surface area contributed by atoms with Crippen LogP contribution >= 0.6 is 11.3 Å². The molecular weight excluding hydrogens is 338 g/mol. The molecule has 0 radical (unpaired) electrons. The van der Waals surface area contributed by atoms with Crippen LogP contribution in [0.4, 0.5) is 0 Å². The number of thiophene rings is 1. The molecule has 122 valence electrons. The quantitative estimate of drug-likeness (QED) is 0.907. The lowest BCUT2D eigenvalue weighted by atomic mass is 9.96. The number of sulfonamides is 1. The molecule has 0 saturated heterocycles. The molecule has 1 atom stereocenters. The number of hydrogen-bond acceptors (Lipinski definition) is 6. The highest BCUT2D eigenvalue weighted by Gasteiger charge is 2.29. The van der Waals surface area contributed by atoms with Gasteiger partial charge < -0.3 is 9.47 Å². The number of fused-ring (bicyclic) bond motifs is 1. The summed E-state index contributed by atoms with van der Waals surface area (Å²) in [6.45, 7) is 0.131. The Balaban J connectivity index is 1.72. The molecule has 1 amide bonds. The number of nitrogens with one attached hydrogen (secondary N) is 1. The van der Waals surface area contributed by atoms with Crippen LogP contribution in [0.5, 0.6) is 11.5 Å². The Kier molecular flexibility index (Phi) is 4.27. The minimum atomic E-state index is -3.81. The highest BCUT2D eigenvalue weighted by molar-refractivity contribution is 7.92. The van der Waals surface area contributed by atoms with E-state index in [1.54, 1.807) is 30.7 Å². The minimum Gasteiger partial charge on any atom is -0.497 e. The van der Waals surface area contributed by atoms with Gasteiger partial charge in [0, 0.05) is 6.07 Å². The maximum absolute atomic E-state index is 12.3. The second kappa shape index (κ2) is 6.21. The van der Waals surface area contributed by atoms with Gasteiger partial charge in [0.2, 0.25) is 5.91 Å². The van der Waals surface area contributed by atoms with Gasteiger partial charge >= 0.3 is 0 Å². The van der Waals surface area contributed by atoms with Crippen molar-refractivity contribution in [3.63, 3.8) is 0 Å². The van der Waals surface area contributed by atoms with Crippen molar-refractivity contribution in [3.05, 3.63) is 41.3 Å². The molecule has 0 unspecified atom stereocenters. The standard InChI is InChI=1S/C15H15NO5S2/c1-20-12-5-4-10-7-11(9-21-13(10)8-12)15(17)16-23(18,19)14-3-2-6-22-14/h2-6,8,11H,7,9H2,1H3,(H,16,17)/t11-/m1/s1. The molecule has 0 fully saturated rings. The van der Waals surface area contributed by atoms with Gasteiger partial charge in [0.25, 0.3) is 10.0 Å². The molecule has 1 aromatic carbocycles. The zero-order valence-electron chi connectivity index (χ0n) is 12.3. The van der Waals surface area contributed by atoms with Crippen LogP contribution in [0.25, 0.3) is 0 Å². The van der Waals surface area contributed by atoms with E-state index in [1.165, 1.54) is 6.07 Å². The summed E-state index contributed by atoms with van der Waals surface area (Å²) in [4.78, 5) is 12.3. The molecule has 1 N–H and O–H groups in total. The molecule has 6 nitrogen and oxygen atoms in total. The van der Waals surface area contributed by atoms with Crippen molar-refractivity contribution in [2.24, 2.45) is 5.92 Å². The minimum absolute atomic E-state index is 0.118. The lowest BCUT2D eigenvalue weighted by Gasteiger charge is -2.24. The molecule has 0 saturated carbocycles. The Morgan fingerprint density at radius 2 is 2.22 bits per heavy atom. The van der Waals surface area contributed by atoms with E-state index in [1.807, 2.05) is 6.07 Å². The Morgan fingerprint density at radius 3 is 2.91 bits per heavy atom.